The third-order valence-corrected chi connectivity index (χ3v) is 3.35. The van der Waals surface area contributed by atoms with E-state index >= 15 is 0 Å². The molecule has 0 radical (unpaired) electrons. The Morgan fingerprint density at radius 1 is 1.20 bits per heavy atom. The molecule has 1 heterocycles. The summed E-state index contributed by atoms with van der Waals surface area (Å²) in [4.78, 5) is 11.3. The normalized spacial score (nSPS) is 13.3. The molecular formula is C9H2Cl3NO2. The van der Waals surface area contributed by atoms with Gasteiger partial charge in [0, 0.05) is 5.56 Å². The number of carbonyl (C=O) groups is 1. The quantitative estimate of drug-likeness (QED) is 0.533. The molecule has 0 saturated carbocycles. The minimum Gasteiger partial charge on any atom is -0.457 e. The molecule has 1 aromatic rings. The van der Waals surface area contributed by atoms with Crippen molar-refractivity contribution in [3.05, 3.63) is 31.8 Å². The summed E-state index contributed by atoms with van der Waals surface area (Å²) >= 11 is 17.6. The molecule has 0 saturated heterocycles. The van der Waals surface area contributed by atoms with Gasteiger partial charge in [-0.25, -0.2) is 4.79 Å². The zero-order valence-electron chi connectivity index (χ0n) is 7.10. The van der Waals surface area contributed by atoms with E-state index in [0.717, 1.165) is 0 Å². The second kappa shape index (κ2) is 3.57. The minimum absolute atomic E-state index is 0.000864. The Kier molecular flexibility index (Phi) is 2.51. The molecule has 1 aliphatic rings. The molecule has 6 heteroatoms. The van der Waals surface area contributed by atoms with Crippen molar-refractivity contribution < 1.29 is 9.53 Å². The number of ether oxygens (including phenoxy) is 1. The Morgan fingerprint density at radius 3 is 2.47 bits per heavy atom. The summed E-state index contributed by atoms with van der Waals surface area (Å²) < 4.78 is 4.76. The lowest BCUT2D eigenvalue weighted by Gasteiger charge is -2.05. The van der Waals surface area contributed by atoms with E-state index in [-0.39, 0.29) is 32.8 Å². The zero-order valence-corrected chi connectivity index (χ0v) is 9.37. The number of hydrogen-bond donors (Lipinski definition) is 0. The minimum atomic E-state index is -0.579. The van der Waals surface area contributed by atoms with Crippen LogP contribution in [0.15, 0.2) is 0 Å². The molecule has 3 nitrogen and oxygen atoms in total. The Hall–Kier alpha value is -0.950. The number of carbonyl (C=O) groups excluding carboxylic acids is 1. The number of hydrogen-bond acceptors (Lipinski definition) is 3. The zero-order chi connectivity index (χ0) is 11.2. The van der Waals surface area contributed by atoms with Crippen LogP contribution >= 0.6 is 34.8 Å². The Balaban J connectivity index is 2.88. The van der Waals surface area contributed by atoms with Crippen LogP contribution in [0.1, 0.15) is 21.5 Å². The molecule has 0 unspecified atom stereocenters. The summed E-state index contributed by atoms with van der Waals surface area (Å²) in [6.07, 6.45) is 0. The number of cyclic esters (lactones) is 1. The fourth-order valence-corrected chi connectivity index (χ4v) is 2.23. The Labute approximate surface area is 100 Å². The number of halogens is 3. The van der Waals surface area contributed by atoms with Crippen LogP contribution in [0.2, 0.25) is 15.1 Å². The highest BCUT2D eigenvalue weighted by molar-refractivity contribution is 6.46. The maximum atomic E-state index is 11.3. The van der Waals surface area contributed by atoms with Crippen LogP contribution in [0.3, 0.4) is 0 Å². The first-order valence-electron chi connectivity index (χ1n) is 3.84. The molecular weight excluding hydrogens is 260 g/mol. The van der Waals surface area contributed by atoms with Crippen LogP contribution in [0.25, 0.3) is 0 Å². The van der Waals surface area contributed by atoms with E-state index < -0.39 is 5.97 Å². The van der Waals surface area contributed by atoms with Gasteiger partial charge in [-0.1, -0.05) is 34.8 Å². The van der Waals surface area contributed by atoms with Gasteiger partial charge in [0.25, 0.3) is 0 Å². The highest BCUT2D eigenvalue weighted by atomic mass is 35.5. The third kappa shape index (κ3) is 1.37. The molecule has 2 rings (SSSR count). The first-order chi connectivity index (χ1) is 7.07. The van der Waals surface area contributed by atoms with Gasteiger partial charge in [-0.15, -0.1) is 0 Å². The van der Waals surface area contributed by atoms with E-state index in [1.54, 1.807) is 6.07 Å². The van der Waals surface area contributed by atoms with Gasteiger partial charge in [0.05, 0.1) is 26.2 Å². The maximum absolute atomic E-state index is 11.3. The van der Waals surface area contributed by atoms with Crippen molar-refractivity contribution in [1.29, 1.82) is 5.26 Å². The van der Waals surface area contributed by atoms with Gasteiger partial charge in [-0.05, 0) is 0 Å². The van der Waals surface area contributed by atoms with E-state index in [1.807, 2.05) is 0 Å². The smallest absolute Gasteiger partial charge is 0.340 e. The highest BCUT2D eigenvalue weighted by Crippen LogP contribution is 2.41. The molecule has 0 N–H and O–H groups in total. The van der Waals surface area contributed by atoms with Crippen LogP contribution < -0.4 is 0 Å². The Morgan fingerprint density at radius 2 is 1.87 bits per heavy atom. The highest BCUT2D eigenvalue weighted by Gasteiger charge is 2.31. The molecule has 0 fully saturated rings. The average Bonchev–Trinajstić information content (AvgIpc) is 2.58. The van der Waals surface area contributed by atoms with Crippen LogP contribution in [0.4, 0.5) is 0 Å². The second-order valence-electron chi connectivity index (χ2n) is 2.86. The molecule has 0 bridgehead atoms. The van der Waals surface area contributed by atoms with Gasteiger partial charge in [0.2, 0.25) is 0 Å². The molecule has 1 aromatic carbocycles. The molecule has 76 valence electrons. The van der Waals surface area contributed by atoms with E-state index in [9.17, 15) is 4.79 Å². The summed E-state index contributed by atoms with van der Waals surface area (Å²) in [7, 11) is 0. The molecule has 0 aromatic heterocycles. The van der Waals surface area contributed by atoms with Crippen molar-refractivity contribution in [2.45, 2.75) is 6.61 Å². The summed E-state index contributed by atoms with van der Waals surface area (Å²) in [5, 5.41) is 9.02. The fourth-order valence-electron chi connectivity index (χ4n) is 1.36. The lowest BCUT2D eigenvalue weighted by molar-refractivity contribution is 0.0535. The summed E-state index contributed by atoms with van der Waals surface area (Å²) in [5.74, 6) is -0.579. The number of benzene rings is 1. The number of nitrogens with zero attached hydrogens (tertiary/aromatic N) is 1. The number of esters is 1. The SMILES string of the molecule is N#Cc1c(Cl)c(Cl)c2c(c1Cl)C(=O)OC2. The van der Waals surface area contributed by atoms with Crippen molar-refractivity contribution >= 4 is 40.8 Å². The first kappa shape index (κ1) is 10.6. The summed E-state index contributed by atoms with van der Waals surface area (Å²) in [6, 6.07) is 1.80. The van der Waals surface area contributed by atoms with Gasteiger partial charge < -0.3 is 4.74 Å². The fraction of sp³-hybridized carbons (Fsp3) is 0.111. The maximum Gasteiger partial charge on any atom is 0.340 e. The van der Waals surface area contributed by atoms with Gasteiger partial charge in [0.15, 0.2) is 0 Å². The molecule has 0 spiro atoms. The van der Waals surface area contributed by atoms with Crippen molar-refractivity contribution in [3.63, 3.8) is 0 Å². The average molecular weight is 262 g/mol. The lowest BCUT2D eigenvalue weighted by atomic mass is 10.1. The first-order valence-corrected chi connectivity index (χ1v) is 4.97. The van der Waals surface area contributed by atoms with Gasteiger partial charge in [0.1, 0.15) is 12.7 Å². The van der Waals surface area contributed by atoms with E-state index in [1.165, 1.54) is 0 Å². The number of nitriles is 1. The molecule has 0 atom stereocenters. The molecule has 1 aliphatic heterocycles. The number of rotatable bonds is 0. The van der Waals surface area contributed by atoms with Crippen molar-refractivity contribution in [2.24, 2.45) is 0 Å². The van der Waals surface area contributed by atoms with Crippen LogP contribution in [0, 0.1) is 11.3 Å². The largest absolute Gasteiger partial charge is 0.457 e. The molecule has 0 aliphatic carbocycles. The summed E-state index contributed by atoms with van der Waals surface area (Å²) in [5.41, 5.74) is 0.583. The van der Waals surface area contributed by atoms with E-state index in [4.69, 9.17) is 44.8 Å². The monoisotopic (exact) mass is 261 g/mol. The van der Waals surface area contributed by atoms with Crippen molar-refractivity contribution in [2.75, 3.05) is 0 Å². The van der Waals surface area contributed by atoms with Crippen molar-refractivity contribution in [3.8, 4) is 6.07 Å². The predicted molar refractivity (Wildman–Crippen MR) is 55.3 cm³/mol. The standard InChI is InChI=1S/C9H2Cl3NO2/c10-6-3(1-13)7(11)8(12)4-2-15-9(14)5(4)6/h2H2. The number of fused-ring (bicyclic) bond motifs is 1. The van der Waals surface area contributed by atoms with Gasteiger partial charge >= 0.3 is 5.97 Å². The Bertz CT molecular complexity index is 519. The third-order valence-electron chi connectivity index (χ3n) is 2.08. The molecule has 15 heavy (non-hydrogen) atoms. The van der Waals surface area contributed by atoms with E-state index in [0.29, 0.717) is 5.56 Å². The molecule has 0 amide bonds. The predicted octanol–water partition coefficient (Wildman–Crippen LogP) is 3.19. The van der Waals surface area contributed by atoms with Gasteiger partial charge in [-0.2, -0.15) is 5.26 Å². The second-order valence-corrected chi connectivity index (χ2v) is 3.99. The van der Waals surface area contributed by atoms with Crippen LogP contribution in [-0.4, -0.2) is 5.97 Å². The van der Waals surface area contributed by atoms with Crippen LogP contribution in [0.5, 0.6) is 0 Å². The lowest BCUT2D eigenvalue weighted by Crippen LogP contribution is -1.98. The topological polar surface area (TPSA) is 50.1 Å². The van der Waals surface area contributed by atoms with E-state index in [2.05, 4.69) is 0 Å². The van der Waals surface area contributed by atoms with Crippen LogP contribution in [-0.2, 0) is 11.3 Å². The summed E-state index contributed by atoms with van der Waals surface area (Å²) in [6.45, 7) is 0.0398. The van der Waals surface area contributed by atoms with Crippen molar-refractivity contribution in [1.82, 2.24) is 0 Å². The van der Waals surface area contributed by atoms with Gasteiger partial charge in [-0.3, -0.25) is 0 Å².